The Labute approximate surface area is 131 Å². The van der Waals surface area contributed by atoms with Crippen LogP contribution in [0.15, 0.2) is 18.2 Å². The molecule has 5 heteroatoms. The van der Waals surface area contributed by atoms with Crippen molar-refractivity contribution in [2.24, 2.45) is 0 Å². The van der Waals surface area contributed by atoms with Crippen molar-refractivity contribution < 1.29 is 9.47 Å². The minimum atomic E-state index is -0.169. The summed E-state index contributed by atoms with van der Waals surface area (Å²) in [5.74, 6) is 1.67. The van der Waals surface area contributed by atoms with Crippen LogP contribution in [0.25, 0.3) is 11.0 Å². The molecule has 21 heavy (non-hydrogen) atoms. The Morgan fingerprint density at radius 3 is 2.67 bits per heavy atom. The van der Waals surface area contributed by atoms with Crippen molar-refractivity contribution in [3.05, 3.63) is 24.0 Å². The first kappa shape index (κ1) is 16.1. The van der Waals surface area contributed by atoms with Crippen molar-refractivity contribution in [2.45, 2.75) is 38.6 Å². The van der Waals surface area contributed by atoms with Crippen molar-refractivity contribution in [2.75, 3.05) is 20.3 Å². The maximum absolute atomic E-state index is 6.35. The van der Waals surface area contributed by atoms with E-state index in [1.54, 1.807) is 7.11 Å². The summed E-state index contributed by atoms with van der Waals surface area (Å²) in [7, 11) is 1.72. The van der Waals surface area contributed by atoms with E-state index in [9.17, 15) is 0 Å². The van der Waals surface area contributed by atoms with Crippen molar-refractivity contribution in [1.82, 2.24) is 9.55 Å². The van der Waals surface area contributed by atoms with Crippen molar-refractivity contribution in [3.8, 4) is 5.75 Å². The summed E-state index contributed by atoms with van der Waals surface area (Å²) in [6.07, 6.45) is 0.953. The molecule has 2 atom stereocenters. The fraction of sp³-hybridized carbons (Fsp3) is 0.562. The van der Waals surface area contributed by atoms with Gasteiger partial charge in [0.05, 0.1) is 30.1 Å². The number of alkyl halides is 1. The van der Waals surface area contributed by atoms with Gasteiger partial charge in [0.1, 0.15) is 17.1 Å². The largest absolute Gasteiger partial charge is 0.492 e. The molecule has 0 aliphatic heterocycles. The second kappa shape index (κ2) is 7.14. The van der Waals surface area contributed by atoms with E-state index in [-0.39, 0.29) is 11.4 Å². The summed E-state index contributed by atoms with van der Waals surface area (Å²) in [5, 5.41) is -0.169. The van der Waals surface area contributed by atoms with Gasteiger partial charge in [-0.15, -0.1) is 11.6 Å². The Balaban J connectivity index is 2.65. The van der Waals surface area contributed by atoms with Crippen LogP contribution in [-0.4, -0.2) is 29.9 Å². The molecule has 1 aromatic heterocycles. The molecule has 0 bridgehead atoms. The fourth-order valence-corrected chi connectivity index (χ4v) is 2.77. The minimum Gasteiger partial charge on any atom is -0.492 e. The summed E-state index contributed by atoms with van der Waals surface area (Å²) in [5.41, 5.74) is 1.92. The number of imidazole rings is 1. The Kier molecular flexibility index (Phi) is 5.48. The van der Waals surface area contributed by atoms with Crippen LogP contribution < -0.4 is 4.74 Å². The van der Waals surface area contributed by atoms with Crippen molar-refractivity contribution >= 4 is 22.6 Å². The molecular weight excluding hydrogens is 288 g/mol. The van der Waals surface area contributed by atoms with Crippen LogP contribution in [-0.2, 0) is 4.74 Å². The zero-order valence-electron chi connectivity index (χ0n) is 13.1. The number of methoxy groups -OCH3 is 1. The van der Waals surface area contributed by atoms with Crippen molar-refractivity contribution in [3.63, 3.8) is 0 Å². The van der Waals surface area contributed by atoms with Crippen LogP contribution in [0.2, 0.25) is 0 Å². The number of aromatic nitrogens is 2. The summed E-state index contributed by atoms with van der Waals surface area (Å²) >= 11 is 6.35. The lowest BCUT2D eigenvalue weighted by Crippen LogP contribution is -2.16. The molecule has 1 heterocycles. The number of nitrogens with zero attached hydrogens (tertiary/aromatic N) is 2. The number of halogens is 1. The van der Waals surface area contributed by atoms with Gasteiger partial charge in [0.15, 0.2) is 0 Å². The second-order valence-corrected chi connectivity index (χ2v) is 5.68. The van der Waals surface area contributed by atoms with Crippen LogP contribution in [0, 0.1) is 0 Å². The highest BCUT2D eigenvalue weighted by molar-refractivity contribution is 6.20. The quantitative estimate of drug-likeness (QED) is 0.714. The topological polar surface area (TPSA) is 36.3 Å². The average Bonchev–Trinajstić information content (AvgIpc) is 2.86. The highest BCUT2D eigenvalue weighted by Gasteiger charge is 2.22. The molecule has 0 fully saturated rings. The molecule has 0 saturated carbocycles. The zero-order valence-corrected chi connectivity index (χ0v) is 13.9. The third kappa shape index (κ3) is 3.16. The second-order valence-electron chi connectivity index (χ2n) is 5.03. The van der Waals surface area contributed by atoms with E-state index in [0.29, 0.717) is 13.2 Å². The highest BCUT2D eigenvalue weighted by atomic mass is 35.5. The molecular formula is C16H23ClN2O2. The Bertz CT molecular complexity index is 595. The first-order chi connectivity index (χ1) is 10.1. The van der Waals surface area contributed by atoms with E-state index in [1.165, 1.54) is 0 Å². The van der Waals surface area contributed by atoms with Gasteiger partial charge in [0, 0.05) is 7.11 Å². The van der Waals surface area contributed by atoms with E-state index in [1.807, 2.05) is 26.0 Å². The van der Waals surface area contributed by atoms with Gasteiger partial charge < -0.3 is 14.0 Å². The number of rotatable bonds is 7. The molecule has 0 aliphatic rings. The molecule has 0 N–H and O–H groups in total. The number of hydrogen-bond acceptors (Lipinski definition) is 3. The predicted octanol–water partition coefficient (Wildman–Crippen LogP) is 4.33. The van der Waals surface area contributed by atoms with Gasteiger partial charge in [0.25, 0.3) is 0 Å². The third-order valence-electron chi connectivity index (χ3n) is 3.56. The molecule has 2 rings (SSSR count). The van der Waals surface area contributed by atoms with Gasteiger partial charge in [-0.1, -0.05) is 13.0 Å². The smallest absolute Gasteiger partial charge is 0.147 e. The normalized spacial score (nSPS) is 14.3. The van der Waals surface area contributed by atoms with Gasteiger partial charge in [-0.3, -0.25) is 0 Å². The fourth-order valence-electron chi connectivity index (χ4n) is 2.61. The van der Waals surface area contributed by atoms with Crippen LogP contribution in [0.3, 0.4) is 0 Å². The number of fused-ring (bicyclic) bond motifs is 1. The minimum absolute atomic E-state index is 0.169. The number of benzene rings is 1. The lowest BCUT2D eigenvalue weighted by atomic mass is 10.2. The summed E-state index contributed by atoms with van der Waals surface area (Å²) in [6, 6.07) is 6.22. The summed E-state index contributed by atoms with van der Waals surface area (Å²) in [6.45, 7) is 7.31. The Morgan fingerprint density at radius 2 is 2.10 bits per heavy atom. The number of para-hydroxylation sites is 1. The molecule has 0 aliphatic carbocycles. The first-order valence-corrected chi connectivity index (χ1v) is 7.84. The van der Waals surface area contributed by atoms with Crippen LogP contribution in [0.4, 0.5) is 0 Å². The van der Waals surface area contributed by atoms with E-state index in [2.05, 4.69) is 17.6 Å². The summed E-state index contributed by atoms with van der Waals surface area (Å²) < 4.78 is 13.2. The Hall–Kier alpha value is -1.26. The highest BCUT2D eigenvalue weighted by Crippen LogP contribution is 2.33. The average molecular weight is 311 g/mol. The molecule has 0 amide bonds. The molecule has 0 radical (unpaired) electrons. The monoisotopic (exact) mass is 310 g/mol. The van der Waals surface area contributed by atoms with Gasteiger partial charge in [-0.05, 0) is 32.4 Å². The molecule has 1 aromatic carbocycles. The standard InChI is InChI=1S/C16H23ClN2O2/c1-5-12(10-20-4)19-13-8-7-9-14(21-6-2)15(13)18-16(19)11(3)17/h7-9,11-12H,5-6,10H2,1-4H3. The van der Waals surface area contributed by atoms with E-state index < -0.39 is 0 Å². The molecule has 116 valence electrons. The van der Waals surface area contributed by atoms with Crippen molar-refractivity contribution in [1.29, 1.82) is 0 Å². The maximum atomic E-state index is 6.35. The molecule has 0 saturated heterocycles. The van der Waals surface area contributed by atoms with Crippen LogP contribution in [0.1, 0.15) is 44.4 Å². The number of ether oxygens (including phenoxy) is 2. The lowest BCUT2D eigenvalue weighted by molar-refractivity contribution is 0.153. The molecule has 2 unspecified atom stereocenters. The van der Waals surface area contributed by atoms with Gasteiger partial charge in [0.2, 0.25) is 0 Å². The molecule has 2 aromatic rings. The molecule has 0 spiro atoms. The lowest BCUT2D eigenvalue weighted by Gasteiger charge is -2.20. The molecule has 4 nitrogen and oxygen atoms in total. The van der Waals surface area contributed by atoms with Gasteiger partial charge in [-0.25, -0.2) is 4.98 Å². The number of hydrogen-bond donors (Lipinski definition) is 0. The summed E-state index contributed by atoms with van der Waals surface area (Å²) in [4.78, 5) is 4.73. The Morgan fingerprint density at radius 1 is 1.33 bits per heavy atom. The zero-order chi connectivity index (χ0) is 15.4. The third-order valence-corrected chi connectivity index (χ3v) is 3.76. The van der Waals surface area contributed by atoms with Gasteiger partial charge >= 0.3 is 0 Å². The van der Waals surface area contributed by atoms with Crippen LogP contribution >= 0.6 is 11.6 Å². The van der Waals surface area contributed by atoms with E-state index in [4.69, 9.17) is 26.1 Å². The van der Waals surface area contributed by atoms with Gasteiger partial charge in [-0.2, -0.15) is 0 Å². The predicted molar refractivity (Wildman–Crippen MR) is 86.4 cm³/mol. The SMILES string of the molecule is CCOc1cccc2c1nc(C(C)Cl)n2C(CC)COC. The maximum Gasteiger partial charge on any atom is 0.147 e. The van der Waals surface area contributed by atoms with E-state index in [0.717, 1.165) is 29.0 Å². The van der Waals surface area contributed by atoms with E-state index >= 15 is 0 Å². The van der Waals surface area contributed by atoms with Crippen LogP contribution in [0.5, 0.6) is 5.75 Å². The first-order valence-electron chi connectivity index (χ1n) is 7.40.